The number of para-hydroxylation sites is 1. The van der Waals surface area contributed by atoms with E-state index in [1.807, 2.05) is 25.1 Å². The third-order valence-corrected chi connectivity index (χ3v) is 6.53. The molecular weight excluding hydrogens is 510 g/mol. The Balaban J connectivity index is 1.41. The minimum Gasteiger partial charge on any atom is -0.493 e. The molecule has 0 unspecified atom stereocenters. The number of thioether (sulfide) groups is 1. The molecule has 0 aliphatic carbocycles. The van der Waals surface area contributed by atoms with Gasteiger partial charge in [0.25, 0.3) is 22.7 Å². The Bertz CT molecular complexity index is 1440. The van der Waals surface area contributed by atoms with E-state index in [1.54, 1.807) is 30.3 Å². The van der Waals surface area contributed by atoms with Crippen molar-refractivity contribution in [3.63, 3.8) is 0 Å². The number of carbonyl (C=O) groups excluding carboxylic acids is 3. The first-order chi connectivity index (χ1) is 18.2. The Kier molecular flexibility index (Phi) is 8.07. The van der Waals surface area contributed by atoms with E-state index in [9.17, 15) is 24.5 Å². The zero-order chi connectivity index (χ0) is 27.2. The number of rotatable bonds is 9. The van der Waals surface area contributed by atoms with Crippen molar-refractivity contribution < 1.29 is 28.8 Å². The van der Waals surface area contributed by atoms with Gasteiger partial charge in [-0.2, -0.15) is 0 Å². The van der Waals surface area contributed by atoms with Gasteiger partial charge in [-0.15, -0.1) is 0 Å². The van der Waals surface area contributed by atoms with Gasteiger partial charge in [0.1, 0.15) is 0 Å². The molecule has 38 heavy (non-hydrogen) atoms. The summed E-state index contributed by atoms with van der Waals surface area (Å²) >= 11 is 0.803. The molecule has 4 rings (SSSR count). The Labute approximate surface area is 222 Å². The first-order valence-corrected chi connectivity index (χ1v) is 12.2. The Morgan fingerprint density at radius 2 is 1.82 bits per heavy atom. The van der Waals surface area contributed by atoms with Crippen LogP contribution in [-0.2, 0) is 16.1 Å². The van der Waals surface area contributed by atoms with E-state index < -0.39 is 16.1 Å². The van der Waals surface area contributed by atoms with Gasteiger partial charge in [-0.1, -0.05) is 36.4 Å². The number of nitrogens with one attached hydrogen (secondary N) is 1. The number of anilines is 1. The molecule has 1 aliphatic rings. The number of nitro benzene ring substituents is 1. The van der Waals surface area contributed by atoms with Crippen LogP contribution in [0.3, 0.4) is 0 Å². The molecule has 10 nitrogen and oxygen atoms in total. The maximum Gasteiger partial charge on any atom is 0.293 e. The highest BCUT2D eigenvalue weighted by atomic mass is 32.2. The molecule has 194 valence electrons. The highest BCUT2D eigenvalue weighted by Crippen LogP contribution is 2.35. The van der Waals surface area contributed by atoms with Crippen molar-refractivity contribution in [3.05, 3.63) is 98.4 Å². The summed E-state index contributed by atoms with van der Waals surface area (Å²) in [6, 6.07) is 18.0. The summed E-state index contributed by atoms with van der Waals surface area (Å²) in [4.78, 5) is 49.3. The Morgan fingerprint density at radius 1 is 1.08 bits per heavy atom. The zero-order valence-electron chi connectivity index (χ0n) is 20.5. The molecule has 1 fully saturated rings. The quantitative estimate of drug-likeness (QED) is 0.227. The summed E-state index contributed by atoms with van der Waals surface area (Å²) in [5, 5.41) is 13.2. The second kappa shape index (κ2) is 11.6. The lowest BCUT2D eigenvalue weighted by molar-refractivity contribution is -0.384. The van der Waals surface area contributed by atoms with Crippen molar-refractivity contribution in [2.24, 2.45) is 0 Å². The van der Waals surface area contributed by atoms with Gasteiger partial charge in [0.2, 0.25) is 0 Å². The molecule has 3 aromatic rings. The highest BCUT2D eigenvalue weighted by molar-refractivity contribution is 8.18. The summed E-state index contributed by atoms with van der Waals surface area (Å²) in [5.41, 5.74) is 2.75. The average Bonchev–Trinajstić information content (AvgIpc) is 3.16. The van der Waals surface area contributed by atoms with E-state index in [0.29, 0.717) is 28.3 Å². The minimum absolute atomic E-state index is 0.000665. The first kappa shape index (κ1) is 26.4. The molecule has 0 atom stereocenters. The van der Waals surface area contributed by atoms with Crippen LogP contribution in [0.2, 0.25) is 0 Å². The zero-order valence-corrected chi connectivity index (χ0v) is 21.3. The molecular formula is C27H23N3O7S. The standard InChI is InChI=1S/C27H23N3O7S/c1-17-5-3-4-6-21(17)28-25(31)16-37-22-12-9-19(13-23(22)36-2)14-24-26(32)29(27(33)38-24)15-18-7-10-20(11-8-18)30(34)35/h3-14H,15-16H2,1-2H3,(H,28,31)/b24-14+. The van der Waals surface area contributed by atoms with Crippen LogP contribution in [0.25, 0.3) is 6.08 Å². The number of benzene rings is 3. The molecule has 0 bridgehead atoms. The number of nitro groups is 1. The summed E-state index contributed by atoms with van der Waals surface area (Å²) in [6.07, 6.45) is 1.57. The fourth-order valence-electron chi connectivity index (χ4n) is 3.63. The smallest absolute Gasteiger partial charge is 0.293 e. The second-order valence-electron chi connectivity index (χ2n) is 8.25. The highest BCUT2D eigenvalue weighted by Gasteiger charge is 2.35. The maximum absolute atomic E-state index is 12.9. The number of methoxy groups -OCH3 is 1. The summed E-state index contributed by atoms with van der Waals surface area (Å²) in [6.45, 7) is 1.66. The number of imide groups is 1. The molecule has 3 aromatic carbocycles. The topological polar surface area (TPSA) is 128 Å². The normalized spacial score (nSPS) is 14.1. The van der Waals surface area contributed by atoms with Crippen LogP contribution in [0.15, 0.2) is 71.6 Å². The van der Waals surface area contributed by atoms with Crippen molar-refractivity contribution in [2.75, 3.05) is 19.0 Å². The van der Waals surface area contributed by atoms with Gasteiger partial charge in [-0.3, -0.25) is 29.4 Å². The third kappa shape index (κ3) is 6.19. The monoisotopic (exact) mass is 533 g/mol. The molecule has 0 radical (unpaired) electrons. The molecule has 1 N–H and O–H groups in total. The molecule has 1 aliphatic heterocycles. The van der Waals surface area contributed by atoms with E-state index in [0.717, 1.165) is 22.2 Å². The number of nitrogens with zero attached hydrogens (tertiary/aromatic N) is 2. The van der Waals surface area contributed by atoms with Crippen molar-refractivity contribution >= 4 is 46.3 Å². The number of ether oxygens (including phenoxy) is 2. The Morgan fingerprint density at radius 3 is 2.50 bits per heavy atom. The first-order valence-electron chi connectivity index (χ1n) is 11.4. The Hall–Kier alpha value is -4.64. The van der Waals surface area contributed by atoms with Crippen LogP contribution < -0.4 is 14.8 Å². The van der Waals surface area contributed by atoms with Gasteiger partial charge in [0, 0.05) is 17.8 Å². The average molecular weight is 534 g/mol. The fraction of sp³-hybridized carbons (Fsp3) is 0.148. The molecule has 3 amide bonds. The number of amides is 3. The van der Waals surface area contributed by atoms with E-state index in [2.05, 4.69) is 5.32 Å². The maximum atomic E-state index is 12.9. The van der Waals surface area contributed by atoms with Gasteiger partial charge < -0.3 is 14.8 Å². The lowest BCUT2D eigenvalue weighted by atomic mass is 10.1. The van der Waals surface area contributed by atoms with E-state index in [1.165, 1.54) is 31.4 Å². The van der Waals surface area contributed by atoms with Gasteiger partial charge in [0.15, 0.2) is 18.1 Å². The van der Waals surface area contributed by atoms with Crippen LogP contribution in [0, 0.1) is 17.0 Å². The number of hydrogen-bond acceptors (Lipinski definition) is 8. The van der Waals surface area contributed by atoms with Gasteiger partial charge in [-0.25, -0.2) is 0 Å². The van der Waals surface area contributed by atoms with E-state index in [-0.39, 0.29) is 29.7 Å². The van der Waals surface area contributed by atoms with Crippen molar-refractivity contribution in [1.82, 2.24) is 4.90 Å². The minimum atomic E-state index is -0.516. The molecule has 0 saturated carbocycles. The predicted molar refractivity (Wildman–Crippen MR) is 143 cm³/mol. The van der Waals surface area contributed by atoms with Crippen molar-refractivity contribution in [2.45, 2.75) is 13.5 Å². The summed E-state index contributed by atoms with van der Waals surface area (Å²) < 4.78 is 11.0. The molecule has 1 heterocycles. The molecule has 11 heteroatoms. The second-order valence-corrected chi connectivity index (χ2v) is 9.25. The van der Waals surface area contributed by atoms with Crippen LogP contribution >= 0.6 is 11.8 Å². The van der Waals surface area contributed by atoms with Crippen LogP contribution in [0.1, 0.15) is 16.7 Å². The number of carbonyl (C=O) groups is 3. The lowest BCUT2D eigenvalue weighted by Gasteiger charge is -2.13. The third-order valence-electron chi connectivity index (χ3n) is 5.62. The fourth-order valence-corrected chi connectivity index (χ4v) is 4.47. The van der Waals surface area contributed by atoms with Gasteiger partial charge in [-0.05, 0) is 59.7 Å². The number of aryl methyl sites for hydroxylation is 1. The van der Waals surface area contributed by atoms with E-state index >= 15 is 0 Å². The molecule has 0 spiro atoms. The van der Waals surface area contributed by atoms with Crippen molar-refractivity contribution in [3.8, 4) is 11.5 Å². The van der Waals surface area contributed by atoms with Crippen LogP contribution in [-0.4, -0.2) is 40.6 Å². The predicted octanol–water partition coefficient (Wildman–Crippen LogP) is 5.17. The number of non-ortho nitro benzene ring substituents is 1. The van der Waals surface area contributed by atoms with Gasteiger partial charge >= 0.3 is 0 Å². The SMILES string of the molecule is COc1cc(/C=C2/SC(=O)N(Cc3ccc([N+](=O)[O-])cc3)C2=O)ccc1OCC(=O)Nc1ccccc1C. The van der Waals surface area contributed by atoms with Crippen molar-refractivity contribution in [1.29, 1.82) is 0 Å². The largest absolute Gasteiger partial charge is 0.493 e. The molecule has 1 saturated heterocycles. The van der Waals surface area contributed by atoms with Crippen LogP contribution in [0.5, 0.6) is 11.5 Å². The van der Waals surface area contributed by atoms with Crippen LogP contribution in [0.4, 0.5) is 16.2 Å². The van der Waals surface area contributed by atoms with E-state index in [4.69, 9.17) is 9.47 Å². The lowest BCUT2D eigenvalue weighted by Crippen LogP contribution is -2.27. The number of hydrogen-bond donors (Lipinski definition) is 1. The van der Waals surface area contributed by atoms with Gasteiger partial charge in [0.05, 0.1) is 23.5 Å². The summed E-state index contributed by atoms with van der Waals surface area (Å²) in [5.74, 6) is -0.0962. The molecule has 0 aromatic heterocycles. The summed E-state index contributed by atoms with van der Waals surface area (Å²) in [7, 11) is 1.46.